The minimum atomic E-state index is -0.114. The summed E-state index contributed by atoms with van der Waals surface area (Å²) in [5.41, 5.74) is 0. The van der Waals surface area contributed by atoms with Gasteiger partial charge in [0, 0.05) is 13.2 Å². The second-order valence-corrected chi connectivity index (χ2v) is 4.28. The zero-order valence-corrected chi connectivity index (χ0v) is 11.0. The van der Waals surface area contributed by atoms with Gasteiger partial charge >= 0.3 is 6.03 Å². The lowest BCUT2D eigenvalue weighted by Crippen LogP contribution is -2.42. The first-order valence-corrected chi connectivity index (χ1v) is 6.64. The third-order valence-electron chi connectivity index (χ3n) is 3.05. The lowest BCUT2D eigenvalue weighted by atomic mass is 10.3. The van der Waals surface area contributed by atoms with Crippen molar-refractivity contribution in [2.75, 3.05) is 32.8 Å². The van der Waals surface area contributed by atoms with Crippen LogP contribution in [0.4, 0.5) is 4.79 Å². The number of hydrogen-bond donors (Lipinski definition) is 2. The number of carbonyl (C=O) groups is 1. The third kappa shape index (κ3) is 5.89. The number of ether oxygens (including phenoxy) is 1. The first-order valence-electron chi connectivity index (χ1n) is 6.64. The van der Waals surface area contributed by atoms with Gasteiger partial charge in [0.2, 0.25) is 0 Å². The van der Waals surface area contributed by atoms with Crippen LogP contribution in [0.3, 0.4) is 0 Å². The molecule has 1 unspecified atom stereocenters. The quantitative estimate of drug-likeness (QED) is 0.660. The fraction of sp³-hybridized carbons (Fsp3) is 0.917. The van der Waals surface area contributed by atoms with Gasteiger partial charge in [-0.1, -0.05) is 13.8 Å². The van der Waals surface area contributed by atoms with Gasteiger partial charge in [-0.05, 0) is 38.9 Å². The van der Waals surface area contributed by atoms with Gasteiger partial charge in [-0.2, -0.15) is 0 Å². The van der Waals surface area contributed by atoms with Crippen molar-refractivity contribution in [1.82, 2.24) is 15.5 Å². The van der Waals surface area contributed by atoms with E-state index in [9.17, 15) is 4.79 Å². The molecule has 0 spiro atoms. The Bertz CT molecular complexity index is 214. The first kappa shape index (κ1) is 14.3. The smallest absolute Gasteiger partial charge is 0.316 e. The van der Waals surface area contributed by atoms with Crippen molar-refractivity contribution < 1.29 is 9.53 Å². The molecule has 0 aromatic heterocycles. The molecule has 2 amide bonds. The minimum Gasteiger partial charge on any atom is -0.358 e. The zero-order chi connectivity index (χ0) is 12.5. The van der Waals surface area contributed by atoms with Crippen LogP contribution in [0.1, 0.15) is 33.1 Å². The number of nitrogens with one attached hydrogen (secondary N) is 2. The monoisotopic (exact) mass is 243 g/mol. The molecule has 1 saturated heterocycles. The van der Waals surface area contributed by atoms with Crippen molar-refractivity contribution in [2.24, 2.45) is 0 Å². The van der Waals surface area contributed by atoms with Gasteiger partial charge in [-0.25, -0.2) is 4.79 Å². The maximum Gasteiger partial charge on any atom is 0.316 e. The summed E-state index contributed by atoms with van der Waals surface area (Å²) < 4.78 is 5.32. The highest BCUT2D eigenvalue weighted by Crippen LogP contribution is 2.08. The number of amides is 2. The summed E-state index contributed by atoms with van der Waals surface area (Å²) in [5.74, 6) is 0. The highest BCUT2D eigenvalue weighted by atomic mass is 16.5. The maximum atomic E-state index is 11.5. The molecule has 1 fully saturated rings. The maximum absolute atomic E-state index is 11.5. The van der Waals surface area contributed by atoms with Crippen LogP contribution in [-0.2, 0) is 4.74 Å². The van der Waals surface area contributed by atoms with E-state index in [0.29, 0.717) is 0 Å². The fourth-order valence-corrected chi connectivity index (χ4v) is 1.93. The van der Waals surface area contributed by atoms with Crippen LogP contribution in [0.2, 0.25) is 0 Å². The van der Waals surface area contributed by atoms with Crippen molar-refractivity contribution in [3.05, 3.63) is 0 Å². The number of carbonyl (C=O) groups excluding carboxylic acids is 1. The summed E-state index contributed by atoms with van der Waals surface area (Å²) in [5, 5.41) is 5.67. The summed E-state index contributed by atoms with van der Waals surface area (Å²) in [6.07, 6.45) is 2.86. The lowest BCUT2D eigenvalue weighted by molar-refractivity contribution is 0.0907. The van der Waals surface area contributed by atoms with E-state index in [1.54, 1.807) is 0 Å². The van der Waals surface area contributed by atoms with Gasteiger partial charge in [0.15, 0.2) is 0 Å². The van der Waals surface area contributed by atoms with Gasteiger partial charge < -0.3 is 20.3 Å². The Morgan fingerprint density at radius 1 is 1.41 bits per heavy atom. The summed E-state index contributed by atoms with van der Waals surface area (Å²) in [6, 6.07) is -0.114. The average Bonchev–Trinajstić information content (AvgIpc) is 2.82. The number of hydrogen-bond acceptors (Lipinski definition) is 3. The van der Waals surface area contributed by atoms with Gasteiger partial charge in [-0.15, -0.1) is 0 Å². The lowest BCUT2D eigenvalue weighted by Gasteiger charge is -2.18. The molecule has 0 radical (unpaired) electrons. The molecular formula is C12H25N3O2. The van der Waals surface area contributed by atoms with Gasteiger partial charge in [0.05, 0.1) is 0 Å². The van der Waals surface area contributed by atoms with E-state index in [-0.39, 0.29) is 12.3 Å². The Kier molecular flexibility index (Phi) is 6.96. The molecule has 1 rings (SSSR count). The predicted molar refractivity (Wildman–Crippen MR) is 67.9 cm³/mol. The molecule has 1 aliphatic rings. The number of rotatable bonds is 7. The summed E-state index contributed by atoms with van der Waals surface area (Å²) in [4.78, 5) is 13.8. The topological polar surface area (TPSA) is 53.6 Å². The van der Waals surface area contributed by atoms with Crippen molar-refractivity contribution in [3.8, 4) is 0 Å². The second kappa shape index (κ2) is 8.31. The average molecular weight is 243 g/mol. The Labute approximate surface area is 104 Å². The standard InChI is InChI=1S/C12H25N3O2/c1-3-15(4-2)9-6-8-13-12(16)14-11-7-5-10-17-11/h11H,3-10H2,1-2H3,(H2,13,14,16). The molecule has 1 atom stereocenters. The van der Waals surface area contributed by atoms with E-state index >= 15 is 0 Å². The summed E-state index contributed by atoms with van der Waals surface area (Å²) in [7, 11) is 0. The molecule has 5 nitrogen and oxygen atoms in total. The van der Waals surface area contributed by atoms with Crippen LogP contribution < -0.4 is 10.6 Å². The minimum absolute atomic E-state index is 0.0854. The van der Waals surface area contributed by atoms with Crippen molar-refractivity contribution in [1.29, 1.82) is 0 Å². The molecule has 0 aromatic rings. The number of urea groups is 1. The Morgan fingerprint density at radius 2 is 2.18 bits per heavy atom. The van der Waals surface area contributed by atoms with E-state index in [2.05, 4.69) is 29.4 Å². The van der Waals surface area contributed by atoms with E-state index in [0.717, 1.165) is 52.0 Å². The molecule has 100 valence electrons. The Morgan fingerprint density at radius 3 is 2.76 bits per heavy atom. The zero-order valence-electron chi connectivity index (χ0n) is 11.0. The van der Waals surface area contributed by atoms with Crippen LogP contribution in [0.25, 0.3) is 0 Å². The first-order chi connectivity index (χ1) is 8.26. The van der Waals surface area contributed by atoms with Crippen molar-refractivity contribution >= 4 is 6.03 Å². The van der Waals surface area contributed by atoms with Gasteiger partial charge in [-0.3, -0.25) is 0 Å². The summed E-state index contributed by atoms with van der Waals surface area (Å²) >= 11 is 0. The molecule has 1 heterocycles. The molecule has 17 heavy (non-hydrogen) atoms. The second-order valence-electron chi connectivity index (χ2n) is 4.28. The number of nitrogens with zero attached hydrogens (tertiary/aromatic N) is 1. The summed E-state index contributed by atoms with van der Waals surface area (Å²) in [6.45, 7) is 8.95. The normalized spacial score (nSPS) is 19.6. The highest BCUT2D eigenvalue weighted by Gasteiger charge is 2.16. The van der Waals surface area contributed by atoms with Gasteiger partial charge in [0.1, 0.15) is 6.23 Å². The van der Waals surface area contributed by atoms with Crippen molar-refractivity contribution in [3.63, 3.8) is 0 Å². The largest absolute Gasteiger partial charge is 0.358 e. The van der Waals surface area contributed by atoms with Crippen molar-refractivity contribution in [2.45, 2.75) is 39.3 Å². The SMILES string of the molecule is CCN(CC)CCCNC(=O)NC1CCCO1. The van der Waals surface area contributed by atoms with Crippen LogP contribution in [-0.4, -0.2) is 49.9 Å². The fourth-order valence-electron chi connectivity index (χ4n) is 1.93. The predicted octanol–water partition coefficient (Wildman–Crippen LogP) is 1.15. The molecule has 2 N–H and O–H groups in total. The van der Waals surface area contributed by atoms with E-state index in [4.69, 9.17) is 4.74 Å². The molecule has 0 aromatic carbocycles. The van der Waals surface area contributed by atoms with E-state index in [1.165, 1.54) is 0 Å². The van der Waals surface area contributed by atoms with E-state index < -0.39 is 0 Å². The third-order valence-corrected chi connectivity index (χ3v) is 3.05. The van der Waals surface area contributed by atoms with Crippen LogP contribution >= 0.6 is 0 Å². The van der Waals surface area contributed by atoms with E-state index in [1.807, 2.05) is 0 Å². The van der Waals surface area contributed by atoms with Crippen LogP contribution in [0.15, 0.2) is 0 Å². The molecule has 0 saturated carbocycles. The van der Waals surface area contributed by atoms with Gasteiger partial charge in [0.25, 0.3) is 0 Å². The Hall–Kier alpha value is -0.810. The molecule has 1 aliphatic heterocycles. The Balaban J connectivity index is 1.99. The molecular weight excluding hydrogens is 218 g/mol. The molecule has 0 bridgehead atoms. The molecule has 0 aliphatic carbocycles. The highest BCUT2D eigenvalue weighted by molar-refractivity contribution is 5.73. The van der Waals surface area contributed by atoms with Crippen LogP contribution in [0, 0.1) is 0 Å². The molecule has 5 heteroatoms. The van der Waals surface area contributed by atoms with Crippen LogP contribution in [0.5, 0.6) is 0 Å².